The Kier molecular flexibility index (Phi) is 3.55. The SMILES string of the molecule is Fc1cc(Cl)ccc1CNC1CN2CCC1CC2. The molecule has 0 aromatic heterocycles. The minimum absolute atomic E-state index is 0.212. The Bertz CT molecular complexity index is 430. The van der Waals surface area contributed by atoms with Crippen molar-refractivity contribution in [2.45, 2.75) is 25.4 Å². The summed E-state index contributed by atoms with van der Waals surface area (Å²) in [7, 11) is 0. The fourth-order valence-corrected chi connectivity index (χ4v) is 3.26. The molecule has 1 unspecified atom stereocenters. The van der Waals surface area contributed by atoms with E-state index in [1.165, 1.54) is 32.0 Å². The van der Waals surface area contributed by atoms with Crippen LogP contribution in [0.15, 0.2) is 18.2 Å². The summed E-state index contributed by atoms with van der Waals surface area (Å²) in [6, 6.07) is 5.42. The van der Waals surface area contributed by atoms with Crippen LogP contribution in [0.4, 0.5) is 4.39 Å². The molecule has 0 spiro atoms. The molecular formula is C14H18ClFN2. The fraction of sp³-hybridized carbons (Fsp3) is 0.571. The van der Waals surface area contributed by atoms with E-state index < -0.39 is 0 Å². The van der Waals surface area contributed by atoms with Crippen LogP contribution >= 0.6 is 11.6 Å². The molecule has 98 valence electrons. The normalized spacial score (nSPS) is 30.7. The van der Waals surface area contributed by atoms with Crippen molar-refractivity contribution in [2.75, 3.05) is 19.6 Å². The topological polar surface area (TPSA) is 15.3 Å². The maximum Gasteiger partial charge on any atom is 0.129 e. The van der Waals surface area contributed by atoms with E-state index in [4.69, 9.17) is 11.6 Å². The summed E-state index contributed by atoms with van der Waals surface area (Å²) in [5, 5.41) is 3.96. The Labute approximate surface area is 112 Å². The van der Waals surface area contributed by atoms with Gasteiger partial charge in [-0.15, -0.1) is 0 Å². The predicted molar refractivity (Wildman–Crippen MR) is 71.2 cm³/mol. The lowest BCUT2D eigenvalue weighted by Crippen LogP contribution is -2.55. The van der Waals surface area contributed by atoms with Crippen LogP contribution in [-0.4, -0.2) is 30.6 Å². The van der Waals surface area contributed by atoms with Gasteiger partial charge in [-0.3, -0.25) is 0 Å². The van der Waals surface area contributed by atoms with Gasteiger partial charge in [0.15, 0.2) is 0 Å². The molecule has 3 aliphatic rings. The van der Waals surface area contributed by atoms with Crippen molar-refractivity contribution in [2.24, 2.45) is 5.92 Å². The van der Waals surface area contributed by atoms with Gasteiger partial charge in [-0.05, 0) is 44.0 Å². The number of hydrogen-bond acceptors (Lipinski definition) is 2. The maximum atomic E-state index is 13.7. The Hall–Kier alpha value is -0.640. The number of hydrogen-bond donors (Lipinski definition) is 1. The lowest BCUT2D eigenvalue weighted by Gasteiger charge is -2.45. The first-order valence-corrected chi connectivity index (χ1v) is 7.00. The third-order valence-corrected chi connectivity index (χ3v) is 4.46. The average molecular weight is 269 g/mol. The first-order chi connectivity index (χ1) is 8.72. The van der Waals surface area contributed by atoms with Gasteiger partial charge in [0.05, 0.1) is 0 Å². The highest BCUT2D eigenvalue weighted by molar-refractivity contribution is 6.30. The van der Waals surface area contributed by atoms with Crippen LogP contribution in [0.5, 0.6) is 0 Å². The van der Waals surface area contributed by atoms with E-state index >= 15 is 0 Å². The van der Waals surface area contributed by atoms with Crippen LogP contribution in [0.2, 0.25) is 5.02 Å². The summed E-state index contributed by atoms with van der Waals surface area (Å²) >= 11 is 5.75. The first kappa shape index (κ1) is 12.4. The van der Waals surface area contributed by atoms with Gasteiger partial charge >= 0.3 is 0 Å². The standard InChI is InChI=1S/C14H18ClFN2/c15-12-2-1-11(13(16)7-12)8-17-14-9-18-5-3-10(14)4-6-18/h1-2,7,10,14,17H,3-6,8-9H2. The average Bonchev–Trinajstić information content (AvgIpc) is 2.39. The molecule has 3 fully saturated rings. The highest BCUT2D eigenvalue weighted by Gasteiger charge is 2.33. The zero-order valence-electron chi connectivity index (χ0n) is 10.3. The molecule has 18 heavy (non-hydrogen) atoms. The molecule has 3 aliphatic heterocycles. The van der Waals surface area contributed by atoms with Crippen molar-refractivity contribution in [1.82, 2.24) is 10.2 Å². The smallest absolute Gasteiger partial charge is 0.129 e. The Balaban J connectivity index is 1.61. The lowest BCUT2D eigenvalue weighted by molar-refractivity contribution is 0.0719. The van der Waals surface area contributed by atoms with Gasteiger partial charge in [0.1, 0.15) is 5.82 Å². The Morgan fingerprint density at radius 3 is 2.72 bits per heavy atom. The number of halogens is 2. The van der Waals surface area contributed by atoms with E-state index in [9.17, 15) is 4.39 Å². The molecule has 0 aliphatic carbocycles. The van der Waals surface area contributed by atoms with Gasteiger partial charge in [0.25, 0.3) is 0 Å². The molecular weight excluding hydrogens is 251 g/mol. The predicted octanol–water partition coefficient (Wildman–Crippen LogP) is 2.66. The second kappa shape index (κ2) is 5.16. The molecule has 2 bridgehead atoms. The van der Waals surface area contributed by atoms with E-state index in [-0.39, 0.29) is 5.82 Å². The van der Waals surface area contributed by atoms with Crippen molar-refractivity contribution < 1.29 is 4.39 Å². The van der Waals surface area contributed by atoms with E-state index in [1.54, 1.807) is 12.1 Å². The van der Waals surface area contributed by atoms with Gasteiger partial charge in [-0.1, -0.05) is 17.7 Å². The number of fused-ring (bicyclic) bond motifs is 3. The van der Waals surface area contributed by atoms with E-state index in [1.807, 2.05) is 0 Å². The monoisotopic (exact) mass is 268 g/mol. The molecule has 3 saturated heterocycles. The third-order valence-electron chi connectivity index (χ3n) is 4.23. The van der Waals surface area contributed by atoms with Crippen molar-refractivity contribution in [3.63, 3.8) is 0 Å². The largest absolute Gasteiger partial charge is 0.308 e. The molecule has 0 radical (unpaired) electrons. The summed E-state index contributed by atoms with van der Waals surface area (Å²) in [5.74, 6) is 0.557. The molecule has 1 aromatic carbocycles. The Morgan fingerprint density at radius 1 is 1.33 bits per heavy atom. The van der Waals surface area contributed by atoms with E-state index in [2.05, 4.69) is 10.2 Å². The van der Waals surface area contributed by atoms with Crippen molar-refractivity contribution >= 4 is 11.6 Å². The molecule has 2 nitrogen and oxygen atoms in total. The number of nitrogens with one attached hydrogen (secondary N) is 1. The zero-order valence-corrected chi connectivity index (χ0v) is 11.1. The number of piperidine rings is 3. The second-order valence-electron chi connectivity index (χ2n) is 5.36. The molecule has 1 atom stereocenters. The maximum absolute atomic E-state index is 13.7. The van der Waals surface area contributed by atoms with Gasteiger partial charge in [-0.25, -0.2) is 4.39 Å². The molecule has 4 heteroatoms. The van der Waals surface area contributed by atoms with Crippen LogP contribution in [-0.2, 0) is 6.54 Å². The molecule has 3 heterocycles. The highest BCUT2D eigenvalue weighted by Crippen LogP contribution is 2.27. The second-order valence-corrected chi connectivity index (χ2v) is 5.80. The minimum Gasteiger partial charge on any atom is -0.308 e. The fourth-order valence-electron chi connectivity index (χ4n) is 3.10. The highest BCUT2D eigenvalue weighted by atomic mass is 35.5. The summed E-state index contributed by atoms with van der Waals surface area (Å²) in [4.78, 5) is 2.50. The van der Waals surface area contributed by atoms with Gasteiger partial charge in [0.2, 0.25) is 0 Å². The quantitative estimate of drug-likeness (QED) is 0.907. The number of benzene rings is 1. The third kappa shape index (κ3) is 2.53. The van der Waals surface area contributed by atoms with Gasteiger partial charge in [0, 0.05) is 29.7 Å². The summed E-state index contributed by atoms with van der Waals surface area (Å²) in [6.45, 7) is 4.17. The molecule has 1 N–H and O–H groups in total. The van der Waals surface area contributed by atoms with E-state index in [0.29, 0.717) is 23.2 Å². The lowest BCUT2D eigenvalue weighted by atomic mass is 9.84. The minimum atomic E-state index is -0.212. The van der Waals surface area contributed by atoms with Crippen LogP contribution in [0.25, 0.3) is 0 Å². The van der Waals surface area contributed by atoms with Crippen LogP contribution in [0, 0.1) is 11.7 Å². The van der Waals surface area contributed by atoms with Crippen molar-refractivity contribution in [1.29, 1.82) is 0 Å². The van der Waals surface area contributed by atoms with Crippen LogP contribution in [0.3, 0.4) is 0 Å². The molecule has 0 saturated carbocycles. The summed E-state index contributed by atoms with van der Waals surface area (Å²) in [6.07, 6.45) is 2.56. The van der Waals surface area contributed by atoms with Crippen LogP contribution < -0.4 is 5.32 Å². The Morgan fingerprint density at radius 2 is 2.11 bits per heavy atom. The molecule has 1 aromatic rings. The van der Waals surface area contributed by atoms with Gasteiger partial charge in [-0.2, -0.15) is 0 Å². The summed E-state index contributed by atoms with van der Waals surface area (Å²) in [5.41, 5.74) is 0.704. The number of rotatable bonds is 3. The van der Waals surface area contributed by atoms with Crippen LogP contribution in [0.1, 0.15) is 18.4 Å². The first-order valence-electron chi connectivity index (χ1n) is 6.62. The van der Waals surface area contributed by atoms with Crippen molar-refractivity contribution in [3.05, 3.63) is 34.6 Å². The molecule has 4 rings (SSSR count). The molecule has 0 amide bonds. The van der Waals surface area contributed by atoms with E-state index in [0.717, 1.165) is 12.5 Å². The van der Waals surface area contributed by atoms with Gasteiger partial charge < -0.3 is 10.2 Å². The zero-order chi connectivity index (χ0) is 12.5. The van der Waals surface area contributed by atoms with Crippen molar-refractivity contribution in [3.8, 4) is 0 Å². The summed E-state index contributed by atoms with van der Waals surface area (Å²) < 4.78 is 13.7. The number of nitrogens with zero attached hydrogens (tertiary/aromatic N) is 1.